The molecule has 1 aliphatic carbocycles. The van der Waals surface area contributed by atoms with Crippen LogP contribution in [0.3, 0.4) is 0 Å². The van der Waals surface area contributed by atoms with Gasteiger partial charge in [0.2, 0.25) is 0 Å². The molecule has 0 spiro atoms. The number of nitrogens with zero attached hydrogens (tertiary/aromatic N) is 3. The van der Waals surface area contributed by atoms with Crippen molar-refractivity contribution in [2.75, 3.05) is 0 Å². The van der Waals surface area contributed by atoms with Crippen LogP contribution in [0.2, 0.25) is 0 Å². The first-order chi connectivity index (χ1) is 25.0. The van der Waals surface area contributed by atoms with Crippen LogP contribution in [-0.4, -0.2) is 15.0 Å². The van der Waals surface area contributed by atoms with Gasteiger partial charge >= 0.3 is 0 Å². The van der Waals surface area contributed by atoms with E-state index < -0.39 is 0 Å². The molecule has 1 aromatic heterocycles. The smallest absolute Gasteiger partial charge is 0.165 e. The maximum Gasteiger partial charge on any atom is 0.165 e. The third kappa shape index (κ3) is 4.69. The summed E-state index contributed by atoms with van der Waals surface area (Å²) in [5.41, 5.74) is 10.4. The van der Waals surface area contributed by atoms with Gasteiger partial charge in [0.1, 0.15) is 0 Å². The van der Waals surface area contributed by atoms with Gasteiger partial charge in [-0.2, -0.15) is 0 Å². The van der Waals surface area contributed by atoms with Crippen LogP contribution in [0, 0.1) is 0 Å². The van der Waals surface area contributed by atoms with Gasteiger partial charge in [-0.1, -0.05) is 166 Å². The second-order valence-electron chi connectivity index (χ2n) is 14.0. The van der Waals surface area contributed by atoms with E-state index in [1.807, 2.05) is 0 Å². The maximum absolute atomic E-state index is 5.35. The standard InChI is InChI=1S/C48H33N3/c1-48(2)41-20-10-9-18-40(41)43-38(19-11-21-42(43)48)39-27-26-32-14-7-8-17-37(32)44(39)47-50-45(35-24-22-30-12-3-5-15-33(30)28-35)49-46(51-47)36-25-23-31-13-4-6-16-34(31)29-36/h3-29H,1-2H3. The molecule has 9 aromatic rings. The zero-order valence-corrected chi connectivity index (χ0v) is 28.4. The number of benzene rings is 8. The van der Waals surface area contributed by atoms with E-state index in [2.05, 4.69) is 178 Å². The zero-order valence-electron chi connectivity index (χ0n) is 28.4. The van der Waals surface area contributed by atoms with Crippen molar-refractivity contribution in [1.82, 2.24) is 15.0 Å². The molecular weight excluding hydrogens is 619 g/mol. The van der Waals surface area contributed by atoms with Crippen molar-refractivity contribution >= 4 is 32.3 Å². The molecular formula is C48H33N3. The first-order valence-electron chi connectivity index (χ1n) is 17.5. The van der Waals surface area contributed by atoms with Crippen molar-refractivity contribution in [1.29, 1.82) is 0 Å². The highest BCUT2D eigenvalue weighted by Gasteiger charge is 2.37. The Hall–Kier alpha value is -6.45. The van der Waals surface area contributed by atoms with E-state index in [0.717, 1.165) is 43.8 Å². The summed E-state index contributed by atoms with van der Waals surface area (Å²) in [6, 6.07) is 58.5. The van der Waals surface area contributed by atoms with E-state index in [9.17, 15) is 0 Å². The average Bonchev–Trinajstić information content (AvgIpc) is 3.43. The Morgan fingerprint density at radius 1 is 0.353 bits per heavy atom. The van der Waals surface area contributed by atoms with Gasteiger partial charge in [-0.25, -0.2) is 15.0 Å². The Morgan fingerprint density at radius 2 is 0.843 bits per heavy atom. The van der Waals surface area contributed by atoms with Crippen molar-refractivity contribution < 1.29 is 0 Å². The molecule has 3 nitrogen and oxygen atoms in total. The van der Waals surface area contributed by atoms with Gasteiger partial charge < -0.3 is 0 Å². The highest BCUT2D eigenvalue weighted by atomic mass is 15.0. The molecule has 10 rings (SSSR count). The fourth-order valence-corrected chi connectivity index (χ4v) is 8.12. The van der Waals surface area contributed by atoms with Gasteiger partial charge in [-0.15, -0.1) is 0 Å². The summed E-state index contributed by atoms with van der Waals surface area (Å²) in [5.74, 6) is 1.96. The highest BCUT2D eigenvalue weighted by Crippen LogP contribution is 2.53. The predicted octanol–water partition coefficient (Wildman–Crippen LogP) is 12.3. The van der Waals surface area contributed by atoms with Crippen LogP contribution < -0.4 is 0 Å². The van der Waals surface area contributed by atoms with E-state index in [1.54, 1.807) is 0 Å². The molecule has 0 saturated carbocycles. The van der Waals surface area contributed by atoms with Crippen LogP contribution >= 0.6 is 0 Å². The lowest BCUT2D eigenvalue weighted by Crippen LogP contribution is -2.14. The van der Waals surface area contributed by atoms with E-state index in [-0.39, 0.29) is 5.41 Å². The lowest BCUT2D eigenvalue weighted by molar-refractivity contribution is 0.660. The van der Waals surface area contributed by atoms with E-state index in [1.165, 1.54) is 38.6 Å². The van der Waals surface area contributed by atoms with Gasteiger partial charge in [0.15, 0.2) is 17.5 Å². The van der Waals surface area contributed by atoms with Gasteiger partial charge in [0.25, 0.3) is 0 Å². The number of hydrogen-bond donors (Lipinski definition) is 0. The maximum atomic E-state index is 5.35. The molecule has 0 saturated heterocycles. The minimum absolute atomic E-state index is 0.112. The molecule has 8 aromatic carbocycles. The van der Waals surface area contributed by atoms with Crippen molar-refractivity contribution in [3.63, 3.8) is 0 Å². The molecule has 0 amide bonds. The third-order valence-corrected chi connectivity index (χ3v) is 10.7. The highest BCUT2D eigenvalue weighted by molar-refractivity contribution is 6.06. The fraction of sp³-hybridized carbons (Fsp3) is 0.0625. The molecule has 51 heavy (non-hydrogen) atoms. The Labute approximate surface area is 297 Å². The molecule has 0 atom stereocenters. The molecule has 0 bridgehead atoms. The lowest BCUT2D eigenvalue weighted by Gasteiger charge is -2.22. The molecule has 0 fully saturated rings. The van der Waals surface area contributed by atoms with E-state index >= 15 is 0 Å². The Morgan fingerprint density at radius 3 is 1.53 bits per heavy atom. The Balaban J connectivity index is 1.28. The van der Waals surface area contributed by atoms with Crippen LogP contribution in [0.25, 0.3) is 88.7 Å². The van der Waals surface area contributed by atoms with Crippen LogP contribution in [0.1, 0.15) is 25.0 Å². The Kier molecular flexibility index (Phi) is 6.53. The topological polar surface area (TPSA) is 38.7 Å². The molecule has 1 heterocycles. The molecule has 0 radical (unpaired) electrons. The summed E-state index contributed by atoms with van der Waals surface area (Å²) < 4.78 is 0. The first-order valence-corrected chi connectivity index (χ1v) is 17.5. The first kappa shape index (κ1) is 29.5. The van der Waals surface area contributed by atoms with Crippen LogP contribution in [0.4, 0.5) is 0 Å². The fourth-order valence-electron chi connectivity index (χ4n) is 8.12. The molecule has 0 aliphatic heterocycles. The quantitative estimate of drug-likeness (QED) is 0.190. The van der Waals surface area contributed by atoms with Gasteiger partial charge in [0, 0.05) is 22.1 Å². The minimum atomic E-state index is -0.112. The monoisotopic (exact) mass is 651 g/mol. The van der Waals surface area contributed by atoms with Crippen molar-refractivity contribution in [2.24, 2.45) is 0 Å². The Bertz CT molecular complexity index is 2750. The summed E-state index contributed by atoms with van der Waals surface area (Å²) in [6.45, 7) is 4.67. The van der Waals surface area contributed by atoms with Gasteiger partial charge in [-0.05, 0) is 77.8 Å². The summed E-state index contributed by atoms with van der Waals surface area (Å²) in [5, 5.41) is 6.92. The van der Waals surface area contributed by atoms with Gasteiger partial charge in [0.05, 0.1) is 0 Å². The second-order valence-corrected chi connectivity index (χ2v) is 14.0. The second kappa shape index (κ2) is 11.3. The lowest BCUT2D eigenvalue weighted by atomic mass is 9.81. The SMILES string of the molecule is CC1(C)c2ccccc2-c2c(-c3ccc4ccccc4c3-c3nc(-c4ccc5ccccc5c4)nc(-c4ccc5ccccc5c4)n3)cccc21. The molecule has 0 unspecified atom stereocenters. The van der Waals surface area contributed by atoms with E-state index in [0.29, 0.717) is 17.5 Å². The average molecular weight is 652 g/mol. The van der Waals surface area contributed by atoms with Crippen molar-refractivity contribution in [3.8, 4) is 56.4 Å². The molecule has 0 N–H and O–H groups in total. The van der Waals surface area contributed by atoms with Crippen LogP contribution in [0.5, 0.6) is 0 Å². The summed E-state index contributed by atoms with van der Waals surface area (Å²) in [7, 11) is 0. The summed E-state index contributed by atoms with van der Waals surface area (Å²) >= 11 is 0. The van der Waals surface area contributed by atoms with E-state index in [4.69, 9.17) is 15.0 Å². The summed E-state index contributed by atoms with van der Waals surface area (Å²) in [6.07, 6.45) is 0. The van der Waals surface area contributed by atoms with Crippen LogP contribution in [-0.2, 0) is 5.41 Å². The number of fused-ring (bicyclic) bond motifs is 6. The number of hydrogen-bond acceptors (Lipinski definition) is 3. The van der Waals surface area contributed by atoms with Crippen LogP contribution in [0.15, 0.2) is 164 Å². The molecule has 1 aliphatic rings. The molecule has 3 heteroatoms. The molecule has 240 valence electrons. The third-order valence-electron chi connectivity index (χ3n) is 10.7. The number of rotatable bonds is 4. The zero-order chi connectivity index (χ0) is 34.1. The predicted molar refractivity (Wildman–Crippen MR) is 212 cm³/mol. The largest absolute Gasteiger partial charge is 0.208 e. The minimum Gasteiger partial charge on any atom is -0.208 e. The van der Waals surface area contributed by atoms with Crippen molar-refractivity contribution in [2.45, 2.75) is 19.3 Å². The number of aromatic nitrogens is 3. The van der Waals surface area contributed by atoms with Gasteiger partial charge in [-0.3, -0.25) is 0 Å². The summed E-state index contributed by atoms with van der Waals surface area (Å²) in [4.78, 5) is 15.9. The van der Waals surface area contributed by atoms with Crippen molar-refractivity contribution in [3.05, 3.63) is 175 Å². The normalized spacial score (nSPS) is 13.1.